The van der Waals surface area contributed by atoms with Gasteiger partial charge in [0.05, 0.1) is 0 Å². The van der Waals surface area contributed by atoms with Crippen LogP contribution in [-0.4, -0.2) is 30.9 Å². The van der Waals surface area contributed by atoms with E-state index in [4.69, 9.17) is 11.6 Å². The summed E-state index contributed by atoms with van der Waals surface area (Å²) in [7, 11) is 3.71. The lowest BCUT2D eigenvalue weighted by molar-refractivity contribution is -0.114. The second kappa shape index (κ2) is 11.0. The molecule has 7 heteroatoms. The molecule has 0 fully saturated rings. The molecule has 1 amide bonds. The van der Waals surface area contributed by atoms with Crippen LogP contribution in [0.5, 0.6) is 0 Å². The Morgan fingerprint density at radius 1 is 1.19 bits per heavy atom. The van der Waals surface area contributed by atoms with E-state index in [1.54, 1.807) is 7.05 Å². The van der Waals surface area contributed by atoms with Crippen molar-refractivity contribution in [3.05, 3.63) is 64.7 Å². The predicted molar refractivity (Wildman–Crippen MR) is 119 cm³/mol. The second-order valence-corrected chi connectivity index (χ2v) is 6.14. The Morgan fingerprint density at radius 3 is 2.58 bits per heavy atom. The van der Waals surface area contributed by atoms with Gasteiger partial charge in [-0.1, -0.05) is 41.9 Å². The maximum absolute atomic E-state index is 11.2. The fourth-order valence-corrected chi connectivity index (χ4v) is 2.68. The van der Waals surface area contributed by atoms with Crippen molar-refractivity contribution >= 4 is 53.1 Å². The molecule has 2 rings (SSSR count). The number of aliphatic imine (C=N–C) groups is 1. The van der Waals surface area contributed by atoms with Gasteiger partial charge in [0.15, 0.2) is 5.96 Å². The van der Waals surface area contributed by atoms with Gasteiger partial charge in [-0.2, -0.15) is 0 Å². The molecule has 0 saturated carbocycles. The number of rotatable bonds is 5. The zero-order chi connectivity index (χ0) is 18.2. The number of carbonyl (C=O) groups is 1. The van der Waals surface area contributed by atoms with E-state index < -0.39 is 0 Å². The third kappa shape index (κ3) is 6.84. The zero-order valence-corrected chi connectivity index (χ0v) is 18.2. The van der Waals surface area contributed by atoms with Crippen molar-refractivity contribution in [3.8, 4) is 0 Å². The largest absolute Gasteiger partial charge is 0.352 e. The van der Waals surface area contributed by atoms with E-state index in [2.05, 4.69) is 15.6 Å². The Bertz CT molecular complexity index is 767. The first kappa shape index (κ1) is 22.2. The Kier molecular flexibility index (Phi) is 9.43. The molecule has 2 N–H and O–H groups in total. The van der Waals surface area contributed by atoms with Gasteiger partial charge in [0.25, 0.3) is 0 Å². The number of halogens is 2. The molecule has 5 nitrogen and oxygen atoms in total. The van der Waals surface area contributed by atoms with E-state index in [0.29, 0.717) is 13.1 Å². The lowest BCUT2D eigenvalue weighted by Crippen LogP contribution is -2.38. The highest BCUT2D eigenvalue weighted by Crippen LogP contribution is 2.16. The summed E-state index contributed by atoms with van der Waals surface area (Å²) < 4.78 is 0. The number of benzene rings is 2. The molecule has 2 aromatic rings. The molecule has 2 aromatic carbocycles. The van der Waals surface area contributed by atoms with Gasteiger partial charge >= 0.3 is 0 Å². The van der Waals surface area contributed by atoms with Gasteiger partial charge in [-0.25, -0.2) is 0 Å². The van der Waals surface area contributed by atoms with E-state index in [0.717, 1.165) is 27.8 Å². The molecule has 0 spiro atoms. The monoisotopic (exact) mass is 486 g/mol. The number of carbonyl (C=O) groups excluding carboxylic acids is 1. The van der Waals surface area contributed by atoms with Crippen molar-refractivity contribution in [3.63, 3.8) is 0 Å². The summed E-state index contributed by atoms with van der Waals surface area (Å²) in [5.41, 5.74) is 2.88. The lowest BCUT2D eigenvalue weighted by atomic mass is 10.2. The summed E-state index contributed by atoms with van der Waals surface area (Å²) >= 11 is 6.23. The van der Waals surface area contributed by atoms with Crippen molar-refractivity contribution in [2.45, 2.75) is 20.0 Å². The third-order valence-electron chi connectivity index (χ3n) is 3.64. The fraction of sp³-hybridized carbons (Fsp3) is 0.263. The van der Waals surface area contributed by atoms with Crippen LogP contribution < -0.4 is 10.6 Å². The maximum atomic E-state index is 11.2. The zero-order valence-electron chi connectivity index (χ0n) is 15.1. The number of anilines is 1. The van der Waals surface area contributed by atoms with Gasteiger partial charge in [0.1, 0.15) is 0 Å². The number of nitrogens with zero attached hydrogens (tertiary/aromatic N) is 2. The fourth-order valence-electron chi connectivity index (χ4n) is 2.49. The molecule has 0 atom stereocenters. The number of guanidine groups is 1. The van der Waals surface area contributed by atoms with Crippen molar-refractivity contribution in [2.75, 3.05) is 19.4 Å². The minimum absolute atomic E-state index is 0. The van der Waals surface area contributed by atoms with Crippen LogP contribution in [-0.2, 0) is 17.9 Å². The number of hydrogen-bond donors (Lipinski definition) is 2. The van der Waals surface area contributed by atoms with E-state index in [1.807, 2.05) is 60.5 Å². The average molecular weight is 487 g/mol. The van der Waals surface area contributed by atoms with Crippen LogP contribution >= 0.6 is 35.6 Å². The molecule has 0 unspecified atom stereocenters. The average Bonchev–Trinajstić information content (AvgIpc) is 2.57. The summed E-state index contributed by atoms with van der Waals surface area (Å²) in [6.45, 7) is 2.76. The van der Waals surface area contributed by atoms with Crippen LogP contribution in [0.1, 0.15) is 18.1 Å². The Morgan fingerprint density at radius 2 is 1.92 bits per heavy atom. The van der Waals surface area contributed by atoms with E-state index >= 15 is 0 Å². The standard InChI is InChI=1S/C19H23ClN4O.HI/c1-14(25)23-17-9-6-7-15(11-17)12-22-19(21-2)24(3)13-16-8-4-5-10-18(16)20;/h4-11H,12-13H2,1-3H3,(H,21,22)(H,23,25);1H. The predicted octanol–water partition coefficient (Wildman–Crippen LogP) is 4.12. The summed E-state index contributed by atoms with van der Waals surface area (Å²) in [4.78, 5) is 17.5. The Balaban J connectivity index is 0.00000338. The molecule has 26 heavy (non-hydrogen) atoms. The van der Waals surface area contributed by atoms with E-state index in [1.165, 1.54) is 6.92 Å². The smallest absolute Gasteiger partial charge is 0.221 e. The molecule has 0 heterocycles. The molecule has 0 aliphatic heterocycles. The quantitative estimate of drug-likeness (QED) is 0.380. The highest BCUT2D eigenvalue weighted by molar-refractivity contribution is 14.0. The van der Waals surface area contributed by atoms with Crippen molar-refractivity contribution in [1.82, 2.24) is 10.2 Å². The molecular weight excluding hydrogens is 463 g/mol. The maximum Gasteiger partial charge on any atom is 0.221 e. The summed E-state index contributed by atoms with van der Waals surface area (Å²) in [6, 6.07) is 15.5. The number of amides is 1. The molecule has 0 saturated heterocycles. The van der Waals surface area contributed by atoms with Crippen LogP contribution in [0.3, 0.4) is 0 Å². The molecule has 0 aliphatic carbocycles. The minimum Gasteiger partial charge on any atom is -0.352 e. The Labute approximate surface area is 176 Å². The molecule has 0 radical (unpaired) electrons. The normalized spacial score (nSPS) is 10.7. The van der Waals surface area contributed by atoms with Crippen LogP contribution in [0, 0.1) is 0 Å². The highest BCUT2D eigenvalue weighted by Gasteiger charge is 2.09. The molecule has 0 aromatic heterocycles. The van der Waals surface area contributed by atoms with Crippen molar-refractivity contribution < 1.29 is 4.79 Å². The minimum atomic E-state index is -0.0830. The Hall–Kier alpha value is -1.80. The van der Waals surface area contributed by atoms with Gasteiger partial charge in [-0.15, -0.1) is 24.0 Å². The first-order valence-electron chi connectivity index (χ1n) is 8.01. The van der Waals surface area contributed by atoms with Gasteiger partial charge in [-0.05, 0) is 29.3 Å². The first-order valence-corrected chi connectivity index (χ1v) is 8.39. The van der Waals surface area contributed by atoms with Crippen molar-refractivity contribution in [2.24, 2.45) is 4.99 Å². The highest BCUT2D eigenvalue weighted by atomic mass is 127. The molecule has 0 bridgehead atoms. The van der Waals surface area contributed by atoms with E-state index in [9.17, 15) is 4.79 Å². The first-order chi connectivity index (χ1) is 12.0. The third-order valence-corrected chi connectivity index (χ3v) is 4.01. The van der Waals surface area contributed by atoms with E-state index in [-0.39, 0.29) is 29.9 Å². The SMILES string of the molecule is CN=C(NCc1cccc(NC(C)=O)c1)N(C)Cc1ccccc1Cl.I. The van der Waals surface area contributed by atoms with Gasteiger partial charge in [0.2, 0.25) is 5.91 Å². The van der Waals surface area contributed by atoms with Crippen LogP contribution in [0.25, 0.3) is 0 Å². The lowest BCUT2D eigenvalue weighted by Gasteiger charge is -2.22. The molecular formula is C19H24ClIN4O. The number of nitrogens with one attached hydrogen (secondary N) is 2. The van der Waals surface area contributed by atoms with Gasteiger partial charge in [0, 0.05) is 44.8 Å². The summed E-state index contributed by atoms with van der Waals surface area (Å²) in [5, 5.41) is 6.86. The van der Waals surface area contributed by atoms with Crippen molar-refractivity contribution in [1.29, 1.82) is 0 Å². The van der Waals surface area contributed by atoms with Crippen LogP contribution in [0.15, 0.2) is 53.5 Å². The van der Waals surface area contributed by atoms with Crippen LogP contribution in [0.2, 0.25) is 5.02 Å². The van der Waals surface area contributed by atoms with Crippen LogP contribution in [0.4, 0.5) is 5.69 Å². The molecule has 0 aliphatic rings. The molecule has 140 valence electrons. The number of hydrogen-bond acceptors (Lipinski definition) is 2. The summed E-state index contributed by atoms with van der Waals surface area (Å²) in [5.74, 6) is 0.685. The second-order valence-electron chi connectivity index (χ2n) is 5.73. The van der Waals surface area contributed by atoms with Gasteiger partial charge in [-0.3, -0.25) is 9.79 Å². The topological polar surface area (TPSA) is 56.7 Å². The summed E-state index contributed by atoms with van der Waals surface area (Å²) in [6.07, 6.45) is 0. The van der Waals surface area contributed by atoms with Gasteiger partial charge < -0.3 is 15.5 Å².